The Balaban J connectivity index is 2.05. The van der Waals surface area contributed by atoms with E-state index in [9.17, 15) is 18.0 Å². The van der Waals surface area contributed by atoms with Gasteiger partial charge in [0.15, 0.2) is 0 Å². The number of rotatable bonds is 13. The molecule has 0 heterocycles. The zero-order valence-electron chi connectivity index (χ0n) is 23.2. The van der Waals surface area contributed by atoms with E-state index in [4.69, 9.17) is 16.3 Å². The molecule has 3 aromatic carbocycles. The number of ether oxygens (including phenoxy) is 1. The highest BCUT2D eigenvalue weighted by Gasteiger charge is 2.33. The van der Waals surface area contributed by atoms with Crippen molar-refractivity contribution in [1.29, 1.82) is 0 Å². The van der Waals surface area contributed by atoms with Gasteiger partial charge in [-0.1, -0.05) is 74.0 Å². The molecule has 0 aliphatic carbocycles. The standard InChI is InChI=1S/C30H36ClN3O5S/c1-22(2)19-32-30(36)28(17-23-10-6-5-7-11-23)33(20-24-12-8-13-25(31)16-24)29(35)21-34(40(4,37)38)26-14-9-15-27(18-26)39-3/h5-16,18,22,28H,17,19-21H2,1-4H3,(H,32,36)/t28-/m0/s1. The second-order valence-electron chi connectivity index (χ2n) is 9.97. The van der Waals surface area contributed by atoms with E-state index in [1.165, 1.54) is 12.0 Å². The molecule has 0 spiro atoms. The SMILES string of the molecule is COc1cccc(N(CC(=O)N(Cc2cccc(Cl)c2)[C@@H](Cc2ccccc2)C(=O)NCC(C)C)S(C)(=O)=O)c1. The molecule has 0 aliphatic heterocycles. The predicted molar refractivity (Wildman–Crippen MR) is 159 cm³/mol. The summed E-state index contributed by atoms with van der Waals surface area (Å²) in [4.78, 5) is 29.1. The number of amides is 2. The van der Waals surface area contributed by atoms with Gasteiger partial charge < -0.3 is 15.0 Å². The zero-order valence-corrected chi connectivity index (χ0v) is 24.8. The van der Waals surface area contributed by atoms with Gasteiger partial charge in [0.25, 0.3) is 0 Å². The molecular weight excluding hydrogens is 550 g/mol. The fraction of sp³-hybridized carbons (Fsp3) is 0.333. The first-order valence-electron chi connectivity index (χ1n) is 12.9. The second kappa shape index (κ2) is 14.2. The monoisotopic (exact) mass is 585 g/mol. The Morgan fingerprint density at radius 1 is 0.950 bits per heavy atom. The normalized spacial score (nSPS) is 12.1. The Morgan fingerprint density at radius 2 is 1.62 bits per heavy atom. The number of carbonyl (C=O) groups is 2. The average molecular weight is 586 g/mol. The van der Waals surface area contributed by atoms with Crippen LogP contribution in [0, 0.1) is 5.92 Å². The number of anilines is 1. The van der Waals surface area contributed by atoms with Crippen molar-refractivity contribution in [2.24, 2.45) is 5.92 Å². The Bertz CT molecular complexity index is 1400. The van der Waals surface area contributed by atoms with Crippen LogP contribution in [0.1, 0.15) is 25.0 Å². The van der Waals surface area contributed by atoms with Gasteiger partial charge in [-0.2, -0.15) is 0 Å². The molecule has 0 unspecified atom stereocenters. The van der Waals surface area contributed by atoms with E-state index in [1.54, 1.807) is 42.5 Å². The maximum Gasteiger partial charge on any atom is 0.244 e. The number of nitrogens with one attached hydrogen (secondary N) is 1. The van der Waals surface area contributed by atoms with E-state index < -0.39 is 28.5 Å². The number of benzene rings is 3. The smallest absolute Gasteiger partial charge is 0.244 e. The minimum absolute atomic E-state index is 0.0572. The molecule has 40 heavy (non-hydrogen) atoms. The van der Waals surface area contributed by atoms with Crippen LogP contribution in [0.3, 0.4) is 0 Å². The van der Waals surface area contributed by atoms with Gasteiger partial charge in [0.2, 0.25) is 21.8 Å². The van der Waals surface area contributed by atoms with E-state index in [0.29, 0.717) is 22.9 Å². The molecular formula is C30H36ClN3O5S. The van der Waals surface area contributed by atoms with E-state index >= 15 is 0 Å². The number of carbonyl (C=O) groups excluding carboxylic acids is 2. The zero-order chi connectivity index (χ0) is 29.3. The average Bonchev–Trinajstić information content (AvgIpc) is 2.92. The van der Waals surface area contributed by atoms with E-state index in [2.05, 4.69) is 5.32 Å². The van der Waals surface area contributed by atoms with Crippen LogP contribution in [0.4, 0.5) is 5.69 Å². The number of nitrogens with zero attached hydrogens (tertiary/aromatic N) is 2. The minimum atomic E-state index is -3.87. The Labute approximate surface area is 241 Å². The molecule has 0 radical (unpaired) electrons. The lowest BCUT2D eigenvalue weighted by atomic mass is 10.0. The van der Waals surface area contributed by atoms with Crippen molar-refractivity contribution in [3.05, 3.63) is 95.0 Å². The van der Waals surface area contributed by atoms with Gasteiger partial charge >= 0.3 is 0 Å². The summed E-state index contributed by atoms with van der Waals surface area (Å²) >= 11 is 6.23. The molecule has 3 aromatic rings. The van der Waals surface area contributed by atoms with Gasteiger partial charge in [-0.3, -0.25) is 13.9 Å². The fourth-order valence-corrected chi connectivity index (χ4v) is 5.24. The maximum atomic E-state index is 14.1. The molecule has 2 amide bonds. The summed E-state index contributed by atoms with van der Waals surface area (Å²) < 4.78 is 32.0. The van der Waals surface area contributed by atoms with Crippen LogP contribution in [0.2, 0.25) is 5.02 Å². The van der Waals surface area contributed by atoms with Crippen LogP contribution in [-0.2, 0) is 32.6 Å². The molecule has 214 valence electrons. The number of halogens is 1. The summed E-state index contributed by atoms with van der Waals surface area (Å²) in [6.07, 6.45) is 1.28. The third-order valence-electron chi connectivity index (χ3n) is 6.22. The van der Waals surface area contributed by atoms with Crippen molar-refractivity contribution >= 4 is 39.1 Å². The molecule has 0 aromatic heterocycles. The van der Waals surface area contributed by atoms with E-state index in [-0.39, 0.29) is 30.5 Å². The Kier molecular flexibility index (Phi) is 11.0. The van der Waals surface area contributed by atoms with Gasteiger partial charge in [-0.15, -0.1) is 0 Å². The first kappa shape index (κ1) is 31.0. The van der Waals surface area contributed by atoms with Gasteiger partial charge in [-0.05, 0) is 41.3 Å². The number of hydrogen-bond donors (Lipinski definition) is 1. The van der Waals surface area contributed by atoms with Crippen LogP contribution < -0.4 is 14.4 Å². The highest BCUT2D eigenvalue weighted by atomic mass is 35.5. The Hall–Kier alpha value is -3.56. The summed E-state index contributed by atoms with van der Waals surface area (Å²) in [6, 6.07) is 22.0. The van der Waals surface area contributed by atoms with Crippen molar-refractivity contribution in [3.63, 3.8) is 0 Å². The van der Waals surface area contributed by atoms with E-state index in [0.717, 1.165) is 16.1 Å². The van der Waals surface area contributed by atoms with Gasteiger partial charge in [0, 0.05) is 30.6 Å². The topological polar surface area (TPSA) is 96.0 Å². The molecule has 10 heteroatoms. The minimum Gasteiger partial charge on any atom is -0.497 e. The van der Waals surface area contributed by atoms with Crippen LogP contribution >= 0.6 is 11.6 Å². The molecule has 0 saturated heterocycles. The number of hydrogen-bond acceptors (Lipinski definition) is 5. The lowest BCUT2D eigenvalue weighted by Crippen LogP contribution is -2.53. The second-order valence-corrected chi connectivity index (χ2v) is 12.3. The predicted octanol–water partition coefficient (Wildman–Crippen LogP) is 4.53. The molecule has 1 N–H and O–H groups in total. The number of methoxy groups -OCH3 is 1. The summed E-state index contributed by atoms with van der Waals surface area (Å²) in [7, 11) is -2.39. The third-order valence-corrected chi connectivity index (χ3v) is 7.59. The third kappa shape index (κ3) is 8.99. The lowest BCUT2D eigenvalue weighted by Gasteiger charge is -2.33. The first-order chi connectivity index (χ1) is 19.0. The largest absolute Gasteiger partial charge is 0.497 e. The molecule has 1 atom stereocenters. The van der Waals surface area contributed by atoms with Crippen LogP contribution in [0.5, 0.6) is 5.75 Å². The summed E-state index contributed by atoms with van der Waals surface area (Å²) in [5.74, 6) is -0.203. The summed E-state index contributed by atoms with van der Waals surface area (Å²) in [6.45, 7) is 3.96. The van der Waals surface area contributed by atoms with Crippen molar-refractivity contribution < 1.29 is 22.7 Å². The molecule has 8 nitrogen and oxygen atoms in total. The van der Waals surface area contributed by atoms with Crippen molar-refractivity contribution in [3.8, 4) is 5.75 Å². The van der Waals surface area contributed by atoms with Gasteiger partial charge in [-0.25, -0.2) is 8.42 Å². The Morgan fingerprint density at radius 3 is 2.25 bits per heavy atom. The quantitative estimate of drug-likeness (QED) is 0.318. The van der Waals surface area contributed by atoms with Gasteiger partial charge in [0.05, 0.1) is 19.1 Å². The van der Waals surface area contributed by atoms with Crippen LogP contribution in [0.25, 0.3) is 0 Å². The lowest BCUT2D eigenvalue weighted by molar-refractivity contribution is -0.140. The van der Waals surface area contributed by atoms with E-state index in [1.807, 2.05) is 50.2 Å². The summed E-state index contributed by atoms with van der Waals surface area (Å²) in [5.41, 5.74) is 1.86. The molecule has 0 saturated carbocycles. The first-order valence-corrected chi connectivity index (χ1v) is 15.2. The van der Waals surface area contributed by atoms with Gasteiger partial charge in [0.1, 0.15) is 18.3 Å². The van der Waals surface area contributed by atoms with Crippen molar-refractivity contribution in [2.45, 2.75) is 32.9 Å². The van der Waals surface area contributed by atoms with Crippen molar-refractivity contribution in [1.82, 2.24) is 10.2 Å². The van der Waals surface area contributed by atoms with Crippen LogP contribution in [0.15, 0.2) is 78.9 Å². The highest BCUT2D eigenvalue weighted by Crippen LogP contribution is 2.24. The number of sulfonamides is 1. The molecule has 3 rings (SSSR count). The summed E-state index contributed by atoms with van der Waals surface area (Å²) in [5, 5.41) is 3.45. The highest BCUT2D eigenvalue weighted by molar-refractivity contribution is 7.92. The maximum absolute atomic E-state index is 14.1. The fourth-order valence-electron chi connectivity index (χ4n) is 4.19. The van der Waals surface area contributed by atoms with Crippen LogP contribution in [-0.4, -0.2) is 57.6 Å². The molecule has 0 aliphatic rings. The molecule has 0 bridgehead atoms. The molecule has 0 fully saturated rings. The van der Waals surface area contributed by atoms with Crippen molar-refractivity contribution in [2.75, 3.05) is 30.8 Å².